The van der Waals surface area contributed by atoms with E-state index in [1.165, 1.54) is 37.7 Å². The third-order valence-electron chi connectivity index (χ3n) is 3.38. The van der Waals surface area contributed by atoms with E-state index in [-0.39, 0.29) is 0 Å². The minimum absolute atomic E-state index is 0.322. The Kier molecular flexibility index (Phi) is 3.92. The van der Waals surface area contributed by atoms with Crippen LogP contribution < -0.4 is 4.90 Å². The smallest absolute Gasteiger partial charge is 0.225 e. The highest BCUT2D eigenvalue weighted by molar-refractivity contribution is 5.30. The molecule has 17 heavy (non-hydrogen) atoms. The molecule has 90 valence electrons. The van der Waals surface area contributed by atoms with Crippen molar-refractivity contribution in [2.45, 2.75) is 38.0 Å². The standard InChI is InChI=1S/C13H18N4/c1-17(8-7-14)13-15-9-12(10-16-13)11-5-3-2-4-6-11/h9-11H,2-6,8H2,1H3. The van der Waals surface area contributed by atoms with E-state index in [4.69, 9.17) is 5.26 Å². The lowest BCUT2D eigenvalue weighted by atomic mass is 9.85. The Balaban J connectivity index is 2.04. The van der Waals surface area contributed by atoms with E-state index >= 15 is 0 Å². The highest BCUT2D eigenvalue weighted by Crippen LogP contribution is 2.31. The van der Waals surface area contributed by atoms with Crippen LogP contribution in [0.2, 0.25) is 0 Å². The molecule has 0 atom stereocenters. The molecule has 0 aromatic carbocycles. The van der Waals surface area contributed by atoms with Crippen molar-refractivity contribution in [1.29, 1.82) is 5.26 Å². The van der Waals surface area contributed by atoms with E-state index in [1.807, 2.05) is 19.4 Å². The van der Waals surface area contributed by atoms with Gasteiger partial charge in [-0.3, -0.25) is 0 Å². The number of nitriles is 1. The van der Waals surface area contributed by atoms with E-state index in [0.29, 0.717) is 18.4 Å². The summed E-state index contributed by atoms with van der Waals surface area (Å²) in [6.45, 7) is 0.322. The average molecular weight is 230 g/mol. The lowest BCUT2D eigenvalue weighted by Crippen LogP contribution is -2.20. The second-order valence-corrected chi connectivity index (χ2v) is 4.67. The van der Waals surface area contributed by atoms with Crippen LogP contribution in [0.1, 0.15) is 43.6 Å². The first-order valence-electron chi connectivity index (χ1n) is 6.21. The first kappa shape index (κ1) is 11.8. The van der Waals surface area contributed by atoms with Crippen molar-refractivity contribution in [3.63, 3.8) is 0 Å². The van der Waals surface area contributed by atoms with Crippen LogP contribution in [0.25, 0.3) is 0 Å². The van der Waals surface area contributed by atoms with Crippen LogP contribution in [-0.2, 0) is 0 Å². The topological polar surface area (TPSA) is 52.8 Å². The van der Waals surface area contributed by atoms with E-state index in [2.05, 4.69) is 16.0 Å². The molecule has 1 saturated carbocycles. The van der Waals surface area contributed by atoms with Crippen LogP contribution in [0.5, 0.6) is 0 Å². The zero-order valence-corrected chi connectivity index (χ0v) is 10.3. The van der Waals surface area contributed by atoms with Gasteiger partial charge in [0, 0.05) is 19.4 Å². The molecule has 0 spiro atoms. The van der Waals surface area contributed by atoms with Gasteiger partial charge < -0.3 is 4.90 Å². The SMILES string of the molecule is CN(CC#N)c1ncc(C2CCCCC2)cn1. The van der Waals surface area contributed by atoms with Gasteiger partial charge in [0.05, 0.1) is 6.07 Å². The summed E-state index contributed by atoms with van der Waals surface area (Å²) in [5.41, 5.74) is 1.25. The van der Waals surface area contributed by atoms with Crippen molar-refractivity contribution in [1.82, 2.24) is 9.97 Å². The molecule has 0 saturated heterocycles. The summed E-state index contributed by atoms with van der Waals surface area (Å²) < 4.78 is 0. The molecule has 1 aromatic heterocycles. The maximum absolute atomic E-state index is 8.61. The van der Waals surface area contributed by atoms with Crippen LogP contribution in [-0.4, -0.2) is 23.6 Å². The Bertz CT molecular complexity index is 387. The van der Waals surface area contributed by atoms with Gasteiger partial charge in [0.2, 0.25) is 5.95 Å². The zero-order chi connectivity index (χ0) is 12.1. The van der Waals surface area contributed by atoms with Gasteiger partial charge in [0.15, 0.2) is 0 Å². The van der Waals surface area contributed by atoms with Gasteiger partial charge in [0.1, 0.15) is 6.54 Å². The van der Waals surface area contributed by atoms with Gasteiger partial charge in [-0.25, -0.2) is 9.97 Å². The monoisotopic (exact) mass is 230 g/mol. The molecule has 0 amide bonds. The van der Waals surface area contributed by atoms with Crippen molar-refractivity contribution < 1.29 is 0 Å². The first-order valence-corrected chi connectivity index (χ1v) is 6.21. The minimum Gasteiger partial charge on any atom is -0.331 e. The van der Waals surface area contributed by atoms with Gasteiger partial charge in [-0.15, -0.1) is 0 Å². The molecule has 2 rings (SSSR count). The molecule has 0 radical (unpaired) electrons. The van der Waals surface area contributed by atoms with E-state index in [9.17, 15) is 0 Å². The number of anilines is 1. The third-order valence-corrected chi connectivity index (χ3v) is 3.38. The molecule has 1 aromatic rings. The van der Waals surface area contributed by atoms with Gasteiger partial charge >= 0.3 is 0 Å². The Morgan fingerprint density at radius 1 is 1.29 bits per heavy atom. The summed E-state index contributed by atoms with van der Waals surface area (Å²) >= 11 is 0. The van der Waals surface area contributed by atoms with Crippen LogP contribution in [0.4, 0.5) is 5.95 Å². The molecular formula is C13H18N4. The predicted octanol–water partition coefficient (Wildman–Crippen LogP) is 2.48. The Labute approximate surface area is 102 Å². The third kappa shape index (κ3) is 2.94. The summed E-state index contributed by atoms with van der Waals surface area (Å²) in [6.07, 6.45) is 10.4. The molecule has 0 bridgehead atoms. The summed E-state index contributed by atoms with van der Waals surface area (Å²) in [5.74, 6) is 1.27. The lowest BCUT2D eigenvalue weighted by Gasteiger charge is -2.21. The average Bonchev–Trinajstić information content (AvgIpc) is 2.40. The molecule has 1 aliphatic rings. The van der Waals surface area contributed by atoms with Gasteiger partial charge in [-0.05, 0) is 24.3 Å². The van der Waals surface area contributed by atoms with Crippen molar-refractivity contribution in [2.24, 2.45) is 0 Å². The quantitative estimate of drug-likeness (QED) is 0.748. The van der Waals surface area contributed by atoms with Crippen molar-refractivity contribution in [3.05, 3.63) is 18.0 Å². The maximum Gasteiger partial charge on any atom is 0.225 e. The molecule has 4 heteroatoms. The van der Waals surface area contributed by atoms with E-state index in [0.717, 1.165) is 0 Å². The Morgan fingerprint density at radius 2 is 1.94 bits per heavy atom. The molecule has 1 fully saturated rings. The normalized spacial score (nSPS) is 16.5. The highest BCUT2D eigenvalue weighted by atomic mass is 15.2. The van der Waals surface area contributed by atoms with Gasteiger partial charge in [0.25, 0.3) is 0 Å². The molecule has 0 N–H and O–H groups in total. The fraction of sp³-hybridized carbons (Fsp3) is 0.615. The molecule has 0 aliphatic heterocycles. The molecule has 1 aliphatic carbocycles. The van der Waals surface area contributed by atoms with Gasteiger partial charge in [-0.1, -0.05) is 19.3 Å². The zero-order valence-electron chi connectivity index (χ0n) is 10.3. The first-order chi connectivity index (χ1) is 8.31. The minimum atomic E-state index is 0.322. The van der Waals surface area contributed by atoms with E-state index in [1.54, 1.807) is 4.90 Å². The maximum atomic E-state index is 8.61. The second kappa shape index (κ2) is 5.62. The Morgan fingerprint density at radius 3 is 2.53 bits per heavy atom. The van der Waals surface area contributed by atoms with Crippen molar-refractivity contribution >= 4 is 5.95 Å². The van der Waals surface area contributed by atoms with Crippen molar-refractivity contribution in [2.75, 3.05) is 18.5 Å². The van der Waals surface area contributed by atoms with Crippen molar-refractivity contribution in [3.8, 4) is 6.07 Å². The summed E-state index contributed by atoms with van der Waals surface area (Å²) in [5, 5.41) is 8.61. The van der Waals surface area contributed by atoms with Crippen LogP contribution in [0.15, 0.2) is 12.4 Å². The summed E-state index contributed by atoms with van der Waals surface area (Å²) in [7, 11) is 1.83. The number of rotatable bonds is 3. The summed E-state index contributed by atoms with van der Waals surface area (Å²) in [6, 6.07) is 2.09. The largest absolute Gasteiger partial charge is 0.331 e. The van der Waals surface area contributed by atoms with Crippen LogP contribution >= 0.6 is 0 Å². The fourth-order valence-corrected chi connectivity index (χ4v) is 2.35. The molecule has 0 unspecified atom stereocenters. The number of nitrogens with zero attached hydrogens (tertiary/aromatic N) is 4. The fourth-order valence-electron chi connectivity index (χ4n) is 2.35. The number of hydrogen-bond acceptors (Lipinski definition) is 4. The predicted molar refractivity (Wildman–Crippen MR) is 66.7 cm³/mol. The summed E-state index contributed by atoms with van der Waals surface area (Å²) in [4.78, 5) is 10.4. The van der Waals surface area contributed by atoms with E-state index < -0.39 is 0 Å². The lowest BCUT2D eigenvalue weighted by molar-refractivity contribution is 0.442. The van der Waals surface area contributed by atoms with Crippen LogP contribution in [0, 0.1) is 11.3 Å². The molecule has 4 nitrogen and oxygen atoms in total. The number of hydrogen-bond donors (Lipinski definition) is 0. The second-order valence-electron chi connectivity index (χ2n) is 4.67. The van der Waals surface area contributed by atoms with Crippen LogP contribution in [0.3, 0.4) is 0 Å². The number of aromatic nitrogens is 2. The molecule has 1 heterocycles. The van der Waals surface area contributed by atoms with Gasteiger partial charge in [-0.2, -0.15) is 5.26 Å². The highest BCUT2D eigenvalue weighted by Gasteiger charge is 2.16. The Hall–Kier alpha value is -1.63. The molecular weight excluding hydrogens is 212 g/mol.